The van der Waals surface area contributed by atoms with Crippen LogP contribution in [0.3, 0.4) is 0 Å². The van der Waals surface area contributed by atoms with Crippen LogP contribution in [0.4, 0.5) is 0 Å². The van der Waals surface area contributed by atoms with Crippen molar-refractivity contribution in [2.75, 3.05) is 46.9 Å². The van der Waals surface area contributed by atoms with Gasteiger partial charge in [0.1, 0.15) is 0 Å². The lowest BCUT2D eigenvalue weighted by Gasteiger charge is -2.33. The van der Waals surface area contributed by atoms with Crippen LogP contribution < -0.4 is 10.6 Å². The Morgan fingerprint density at radius 1 is 1.37 bits per heavy atom. The van der Waals surface area contributed by atoms with Gasteiger partial charge in [0, 0.05) is 70.0 Å². The van der Waals surface area contributed by atoms with Gasteiger partial charge >= 0.3 is 0 Å². The number of hydrogen-bond acceptors (Lipinski definition) is 6. The fraction of sp³-hybridized carbons (Fsp3) is 0.571. The number of aromatic nitrogens is 2. The molecule has 1 aromatic carbocycles. The lowest BCUT2D eigenvalue weighted by Crippen LogP contribution is -2.49. The molecule has 3 rings (SSSR count). The second-order valence-corrected chi connectivity index (χ2v) is 7.81. The molecule has 1 aliphatic heterocycles. The third-order valence-corrected chi connectivity index (χ3v) is 5.39. The minimum absolute atomic E-state index is 0.438. The molecule has 1 aromatic heterocycles. The Labute approximate surface area is 183 Å². The first-order valence-corrected chi connectivity index (χ1v) is 10.8. The normalized spacial score (nSPS) is 16.0. The van der Waals surface area contributed by atoms with E-state index in [0.717, 1.165) is 57.0 Å². The molecule has 1 saturated heterocycles. The van der Waals surface area contributed by atoms with E-state index in [4.69, 9.17) is 20.9 Å². The molecule has 1 fully saturated rings. The third-order valence-electron chi connectivity index (χ3n) is 5.16. The number of nitrogens with one attached hydrogen (secondary N) is 2. The van der Waals surface area contributed by atoms with Crippen molar-refractivity contribution in [2.45, 2.75) is 31.7 Å². The van der Waals surface area contributed by atoms with Crippen molar-refractivity contribution in [3.63, 3.8) is 0 Å². The molecular weight excluding hydrogens is 404 g/mol. The van der Waals surface area contributed by atoms with E-state index in [1.165, 1.54) is 0 Å². The molecule has 0 radical (unpaired) electrons. The van der Waals surface area contributed by atoms with Gasteiger partial charge in [0.2, 0.25) is 11.7 Å². The van der Waals surface area contributed by atoms with E-state index >= 15 is 0 Å². The van der Waals surface area contributed by atoms with E-state index in [1.807, 2.05) is 24.3 Å². The third kappa shape index (κ3) is 6.97. The minimum Gasteiger partial charge on any atom is -0.385 e. The summed E-state index contributed by atoms with van der Waals surface area (Å²) in [5.74, 6) is 1.94. The minimum atomic E-state index is 0.438. The molecule has 0 unspecified atom stereocenters. The molecule has 2 heterocycles. The molecule has 0 amide bonds. The van der Waals surface area contributed by atoms with Crippen molar-refractivity contribution in [1.29, 1.82) is 0 Å². The molecule has 2 aromatic rings. The summed E-state index contributed by atoms with van der Waals surface area (Å²) in [6.45, 7) is 4.80. The summed E-state index contributed by atoms with van der Waals surface area (Å²) >= 11 is 6.03. The van der Waals surface area contributed by atoms with Crippen LogP contribution in [0.5, 0.6) is 0 Å². The van der Waals surface area contributed by atoms with Crippen molar-refractivity contribution >= 4 is 17.6 Å². The molecule has 0 bridgehead atoms. The zero-order valence-corrected chi connectivity index (χ0v) is 18.5. The van der Waals surface area contributed by atoms with E-state index in [0.29, 0.717) is 35.7 Å². The van der Waals surface area contributed by atoms with Gasteiger partial charge in [0.05, 0.1) is 0 Å². The van der Waals surface area contributed by atoms with Gasteiger partial charge in [0.15, 0.2) is 5.96 Å². The van der Waals surface area contributed by atoms with Crippen LogP contribution in [0.15, 0.2) is 33.8 Å². The van der Waals surface area contributed by atoms with Crippen LogP contribution in [-0.4, -0.2) is 74.0 Å². The predicted molar refractivity (Wildman–Crippen MR) is 119 cm³/mol. The molecule has 0 atom stereocenters. The SMILES string of the molecule is CN=C(NCCc1nc(-c2cccc(Cl)c2)no1)NC1CCN(CCCOC)CC1. The first kappa shape index (κ1) is 22.5. The van der Waals surface area contributed by atoms with Gasteiger partial charge in [-0.2, -0.15) is 4.98 Å². The van der Waals surface area contributed by atoms with Gasteiger partial charge in [-0.15, -0.1) is 0 Å². The van der Waals surface area contributed by atoms with Crippen molar-refractivity contribution in [3.05, 3.63) is 35.2 Å². The highest BCUT2D eigenvalue weighted by Crippen LogP contribution is 2.20. The van der Waals surface area contributed by atoms with Crippen LogP contribution in [0.1, 0.15) is 25.2 Å². The lowest BCUT2D eigenvalue weighted by molar-refractivity contribution is 0.155. The largest absolute Gasteiger partial charge is 0.385 e. The van der Waals surface area contributed by atoms with Crippen molar-refractivity contribution in [3.8, 4) is 11.4 Å². The maximum atomic E-state index is 6.03. The molecule has 9 heteroatoms. The average molecular weight is 435 g/mol. The Balaban J connectivity index is 1.38. The van der Waals surface area contributed by atoms with E-state index in [2.05, 4.69) is 30.7 Å². The average Bonchev–Trinajstić information content (AvgIpc) is 3.23. The molecule has 30 heavy (non-hydrogen) atoms. The first-order valence-electron chi connectivity index (χ1n) is 10.4. The fourth-order valence-corrected chi connectivity index (χ4v) is 3.70. The number of benzene rings is 1. The quantitative estimate of drug-likeness (QED) is 0.356. The standard InChI is InChI=1S/C21H31ClN6O2/c1-23-21(25-18-8-12-28(13-9-18)11-4-14-29-2)24-10-7-19-26-20(27-30-19)16-5-3-6-17(22)15-16/h3,5-6,15,18H,4,7-14H2,1-2H3,(H2,23,24,25). The number of piperidine rings is 1. The number of ether oxygens (including phenoxy) is 1. The Morgan fingerprint density at radius 3 is 2.93 bits per heavy atom. The number of nitrogens with zero attached hydrogens (tertiary/aromatic N) is 4. The maximum absolute atomic E-state index is 6.03. The summed E-state index contributed by atoms with van der Waals surface area (Å²) in [5.41, 5.74) is 0.844. The van der Waals surface area contributed by atoms with Gasteiger partial charge in [-0.3, -0.25) is 4.99 Å². The zero-order chi connectivity index (χ0) is 21.2. The summed E-state index contributed by atoms with van der Waals surface area (Å²) in [4.78, 5) is 11.3. The maximum Gasteiger partial charge on any atom is 0.228 e. The Morgan fingerprint density at radius 2 is 2.20 bits per heavy atom. The van der Waals surface area contributed by atoms with Crippen molar-refractivity contribution in [1.82, 2.24) is 25.7 Å². The number of halogens is 1. The Bertz CT molecular complexity index is 804. The fourth-order valence-electron chi connectivity index (χ4n) is 3.51. The summed E-state index contributed by atoms with van der Waals surface area (Å²) in [6, 6.07) is 7.86. The molecular formula is C21H31ClN6O2. The van der Waals surface area contributed by atoms with E-state index in [-0.39, 0.29) is 0 Å². The van der Waals surface area contributed by atoms with E-state index in [9.17, 15) is 0 Å². The molecule has 0 saturated carbocycles. The molecule has 2 N–H and O–H groups in total. The topological polar surface area (TPSA) is 87.8 Å². The zero-order valence-electron chi connectivity index (χ0n) is 17.7. The molecule has 0 spiro atoms. The molecule has 8 nitrogen and oxygen atoms in total. The number of hydrogen-bond donors (Lipinski definition) is 2. The van der Waals surface area contributed by atoms with Gasteiger partial charge < -0.3 is 24.8 Å². The van der Waals surface area contributed by atoms with Gasteiger partial charge in [-0.25, -0.2) is 0 Å². The van der Waals surface area contributed by atoms with Crippen molar-refractivity contribution in [2.24, 2.45) is 4.99 Å². The highest BCUT2D eigenvalue weighted by Gasteiger charge is 2.19. The van der Waals surface area contributed by atoms with Gasteiger partial charge in [-0.05, 0) is 31.4 Å². The molecule has 0 aliphatic carbocycles. The second kappa shape index (κ2) is 11.9. The lowest BCUT2D eigenvalue weighted by atomic mass is 10.1. The summed E-state index contributed by atoms with van der Waals surface area (Å²) in [7, 11) is 3.55. The van der Waals surface area contributed by atoms with Crippen LogP contribution in [0.25, 0.3) is 11.4 Å². The number of aliphatic imine (C=N–C) groups is 1. The molecule has 1 aliphatic rings. The van der Waals surface area contributed by atoms with Crippen molar-refractivity contribution < 1.29 is 9.26 Å². The molecule has 164 valence electrons. The highest BCUT2D eigenvalue weighted by molar-refractivity contribution is 6.30. The van der Waals surface area contributed by atoms with Crippen LogP contribution >= 0.6 is 11.6 Å². The van der Waals surface area contributed by atoms with Crippen LogP contribution in [0.2, 0.25) is 5.02 Å². The Kier molecular flexibility index (Phi) is 8.92. The monoisotopic (exact) mass is 434 g/mol. The highest BCUT2D eigenvalue weighted by atomic mass is 35.5. The number of likely N-dealkylation sites (tertiary alicyclic amines) is 1. The van der Waals surface area contributed by atoms with Crippen LogP contribution in [-0.2, 0) is 11.2 Å². The number of guanidine groups is 1. The van der Waals surface area contributed by atoms with Gasteiger partial charge in [0.25, 0.3) is 0 Å². The predicted octanol–water partition coefficient (Wildman–Crippen LogP) is 2.60. The smallest absolute Gasteiger partial charge is 0.228 e. The van der Waals surface area contributed by atoms with E-state index in [1.54, 1.807) is 14.2 Å². The first-order chi connectivity index (χ1) is 14.7. The second-order valence-electron chi connectivity index (χ2n) is 7.38. The van der Waals surface area contributed by atoms with Gasteiger partial charge in [-0.1, -0.05) is 28.9 Å². The summed E-state index contributed by atoms with van der Waals surface area (Å²) in [5, 5.41) is 11.6. The number of methoxy groups -OCH3 is 1. The summed E-state index contributed by atoms with van der Waals surface area (Å²) < 4.78 is 10.5. The summed E-state index contributed by atoms with van der Waals surface area (Å²) in [6.07, 6.45) is 3.93. The van der Waals surface area contributed by atoms with E-state index < -0.39 is 0 Å². The number of rotatable bonds is 9. The van der Waals surface area contributed by atoms with Crippen LogP contribution in [0, 0.1) is 0 Å². The Hall–Kier alpha value is -2.16.